The molecule has 2 nitrogen and oxygen atoms in total. The summed E-state index contributed by atoms with van der Waals surface area (Å²) in [5.41, 5.74) is 1.03. The SMILES string of the molecule is OC1(O)C=CC(c2cccc(Br)c2Br)C(Br)=C1Br. The number of hydrogen-bond acceptors (Lipinski definition) is 2. The number of aliphatic hydroxyl groups is 2. The Hall–Kier alpha value is 0.540. The maximum absolute atomic E-state index is 9.71. The molecule has 1 atom stereocenters. The molecule has 1 aliphatic carbocycles. The molecule has 0 saturated heterocycles. The molecule has 18 heavy (non-hydrogen) atoms. The van der Waals surface area contributed by atoms with Crippen LogP contribution in [0.5, 0.6) is 0 Å². The van der Waals surface area contributed by atoms with Crippen molar-refractivity contribution in [2.75, 3.05) is 0 Å². The summed E-state index contributed by atoms with van der Waals surface area (Å²) in [6.45, 7) is 0. The molecule has 2 N–H and O–H groups in total. The van der Waals surface area contributed by atoms with E-state index in [-0.39, 0.29) is 5.92 Å². The predicted molar refractivity (Wildman–Crippen MR) is 85.8 cm³/mol. The van der Waals surface area contributed by atoms with E-state index in [9.17, 15) is 10.2 Å². The molecule has 1 aliphatic rings. The highest BCUT2D eigenvalue weighted by Gasteiger charge is 2.33. The Morgan fingerprint density at radius 2 is 1.72 bits per heavy atom. The average molecular weight is 504 g/mol. The van der Waals surface area contributed by atoms with Crippen molar-refractivity contribution in [1.29, 1.82) is 0 Å². The van der Waals surface area contributed by atoms with Gasteiger partial charge in [-0.1, -0.05) is 34.1 Å². The zero-order valence-corrected chi connectivity index (χ0v) is 15.2. The lowest BCUT2D eigenvalue weighted by Crippen LogP contribution is -2.29. The lowest BCUT2D eigenvalue weighted by atomic mass is 9.93. The van der Waals surface area contributed by atoms with Crippen LogP contribution in [0, 0.1) is 0 Å². The van der Waals surface area contributed by atoms with Gasteiger partial charge in [-0.05, 0) is 65.5 Å². The van der Waals surface area contributed by atoms with Crippen molar-refractivity contribution >= 4 is 63.7 Å². The van der Waals surface area contributed by atoms with Gasteiger partial charge in [0.1, 0.15) is 0 Å². The normalized spacial score (nSPS) is 22.4. The standard InChI is InChI=1S/C12H8Br4O2/c13-8-3-1-2-6(9(8)14)7-4-5-12(17,18)11(16)10(7)15/h1-5,7,17-18H. The minimum absolute atomic E-state index is 0.0707. The van der Waals surface area contributed by atoms with E-state index >= 15 is 0 Å². The first-order valence-electron chi connectivity index (χ1n) is 4.98. The van der Waals surface area contributed by atoms with Crippen LogP contribution in [-0.2, 0) is 0 Å². The minimum atomic E-state index is -1.95. The maximum Gasteiger partial charge on any atom is 0.217 e. The van der Waals surface area contributed by atoms with E-state index in [1.807, 2.05) is 18.2 Å². The second kappa shape index (κ2) is 5.50. The van der Waals surface area contributed by atoms with Crippen LogP contribution < -0.4 is 0 Å². The van der Waals surface area contributed by atoms with E-state index in [4.69, 9.17) is 0 Å². The van der Waals surface area contributed by atoms with Crippen LogP contribution >= 0.6 is 63.7 Å². The lowest BCUT2D eigenvalue weighted by Gasteiger charge is -2.27. The van der Waals surface area contributed by atoms with Crippen LogP contribution in [0.1, 0.15) is 11.5 Å². The highest BCUT2D eigenvalue weighted by molar-refractivity contribution is 9.14. The number of halogens is 4. The molecule has 0 aliphatic heterocycles. The van der Waals surface area contributed by atoms with Crippen molar-refractivity contribution in [3.63, 3.8) is 0 Å². The maximum atomic E-state index is 9.71. The summed E-state index contributed by atoms with van der Waals surface area (Å²) in [4.78, 5) is 0. The number of benzene rings is 1. The molecule has 0 bridgehead atoms. The summed E-state index contributed by atoms with van der Waals surface area (Å²) < 4.78 is 2.90. The van der Waals surface area contributed by atoms with Gasteiger partial charge in [0.2, 0.25) is 5.79 Å². The van der Waals surface area contributed by atoms with E-state index in [2.05, 4.69) is 63.7 Å². The highest BCUT2D eigenvalue weighted by Crippen LogP contribution is 2.45. The zero-order chi connectivity index (χ0) is 13.5. The summed E-state index contributed by atoms with van der Waals surface area (Å²) in [5, 5.41) is 19.4. The van der Waals surface area contributed by atoms with Crippen LogP contribution in [0.4, 0.5) is 0 Å². The van der Waals surface area contributed by atoms with Crippen molar-refractivity contribution in [2.45, 2.75) is 11.7 Å². The average Bonchev–Trinajstić information content (AvgIpc) is 2.31. The van der Waals surface area contributed by atoms with Gasteiger partial charge in [-0.25, -0.2) is 0 Å². The monoisotopic (exact) mass is 500 g/mol. The molecule has 6 heteroatoms. The summed E-state index contributed by atoms with van der Waals surface area (Å²) in [6, 6.07) is 5.86. The molecular formula is C12H8Br4O2. The largest absolute Gasteiger partial charge is 0.358 e. The van der Waals surface area contributed by atoms with Crippen LogP contribution in [0.3, 0.4) is 0 Å². The fraction of sp³-hybridized carbons (Fsp3) is 0.167. The van der Waals surface area contributed by atoms with Crippen molar-refractivity contribution in [3.8, 4) is 0 Å². The molecule has 1 aromatic carbocycles. The Balaban J connectivity index is 2.51. The third-order valence-corrected chi connectivity index (χ3v) is 7.15. The van der Waals surface area contributed by atoms with Crippen LogP contribution in [0.15, 0.2) is 48.3 Å². The van der Waals surface area contributed by atoms with Gasteiger partial charge in [-0.2, -0.15) is 0 Å². The van der Waals surface area contributed by atoms with Gasteiger partial charge in [-0.3, -0.25) is 0 Å². The number of rotatable bonds is 1. The highest BCUT2D eigenvalue weighted by atomic mass is 79.9. The molecule has 1 unspecified atom stereocenters. The fourth-order valence-corrected chi connectivity index (χ4v) is 3.66. The Bertz CT molecular complexity index is 549. The van der Waals surface area contributed by atoms with E-state index in [0.29, 0.717) is 8.96 Å². The number of hydrogen-bond donors (Lipinski definition) is 2. The van der Waals surface area contributed by atoms with Crippen LogP contribution in [0.2, 0.25) is 0 Å². The molecule has 0 saturated carbocycles. The minimum Gasteiger partial charge on any atom is -0.358 e. The van der Waals surface area contributed by atoms with Gasteiger partial charge < -0.3 is 10.2 Å². The summed E-state index contributed by atoms with van der Waals surface area (Å²) in [6.07, 6.45) is 3.11. The van der Waals surface area contributed by atoms with Gasteiger partial charge in [-0.15, -0.1) is 0 Å². The van der Waals surface area contributed by atoms with Gasteiger partial charge in [0.15, 0.2) is 0 Å². The van der Waals surface area contributed by atoms with Gasteiger partial charge in [0, 0.05) is 19.3 Å². The fourth-order valence-electron chi connectivity index (χ4n) is 1.70. The topological polar surface area (TPSA) is 40.5 Å². The Morgan fingerprint density at radius 1 is 1.06 bits per heavy atom. The second-order valence-electron chi connectivity index (χ2n) is 3.87. The lowest BCUT2D eigenvalue weighted by molar-refractivity contribution is -0.0783. The van der Waals surface area contributed by atoms with Crippen molar-refractivity contribution < 1.29 is 10.2 Å². The zero-order valence-electron chi connectivity index (χ0n) is 8.87. The van der Waals surface area contributed by atoms with E-state index in [0.717, 1.165) is 14.5 Å². The van der Waals surface area contributed by atoms with Crippen molar-refractivity contribution in [3.05, 3.63) is 53.8 Å². The summed E-state index contributed by atoms with van der Waals surface area (Å²) in [5.74, 6) is -2.02. The first-order valence-corrected chi connectivity index (χ1v) is 8.15. The van der Waals surface area contributed by atoms with Gasteiger partial charge in [0.05, 0.1) is 4.48 Å². The van der Waals surface area contributed by atoms with Crippen LogP contribution in [0.25, 0.3) is 0 Å². The van der Waals surface area contributed by atoms with Crippen molar-refractivity contribution in [1.82, 2.24) is 0 Å². The smallest absolute Gasteiger partial charge is 0.217 e. The molecule has 96 valence electrons. The molecule has 0 radical (unpaired) electrons. The van der Waals surface area contributed by atoms with Gasteiger partial charge >= 0.3 is 0 Å². The predicted octanol–water partition coefficient (Wildman–Crippen LogP) is 4.55. The second-order valence-corrected chi connectivity index (χ2v) is 7.16. The Labute approximate surface area is 138 Å². The first kappa shape index (κ1) is 14.9. The third kappa shape index (κ3) is 2.69. The molecule has 1 aromatic rings. The van der Waals surface area contributed by atoms with E-state index < -0.39 is 5.79 Å². The summed E-state index contributed by atoms with van der Waals surface area (Å²) >= 11 is 13.6. The first-order chi connectivity index (χ1) is 8.34. The number of allylic oxidation sites excluding steroid dienone is 2. The molecule has 0 heterocycles. The Morgan fingerprint density at radius 3 is 2.39 bits per heavy atom. The molecule has 2 rings (SSSR count). The van der Waals surface area contributed by atoms with Gasteiger partial charge in [0.25, 0.3) is 0 Å². The molecule has 0 fully saturated rings. The third-order valence-electron chi connectivity index (χ3n) is 2.64. The van der Waals surface area contributed by atoms with Crippen molar-refractivity contribution in [2.24, 2.45) is 0 Å². The molecular weight excluding hydrogens is 496 g/mol. The molecule has 0 amide bonds. The Kier molecular flexibility index (Phi) is 4.56. The van der Waals surface area contributed by atoms with E-state index in [1.54, 1.807) is 6.08 Å². The quantitative estimate of drug-likeness (QED) is 0.436. The van der Waals surface area contributed by atoms with Crippen LogP contribution in [-0.4, -0.2) is 16.0 Å². The molecule has 0 aromatic heterocycles. The molecule has 0 spiro atoms. The summed E-state index contributed by atoms with van der Waals surface area (Å²) in [7, 11) is 0. The van der Waals surface area contributed by atoms with E-state index in [1.165, 1.54) is 6.08 Å².